The highest BCUT2D eigenvalue weighted by Gasteiger charge is 2.20. The number of carbonyl (C=O) groups is 1. The average molecular weight is 230 g/mol. The lowest BCUT2D eigenvalue weighted by molar-refractivity contribution is -0.123. The van der Waals surface area contributed by atoms with E-state index >= 15 is 0 Å². The van der Waals surface area contributed by atoms with Gasteiger partial charge in [0.05, 0.1) is 12.7 Å². The third-order valence-corrected chi connectivity index (χ3v) is 2.54. The topological polar surface area (TPSA) is 73.6 Å². The number of amides is 1. The summed E-state index contributed by atoms with van der Waals surface area (Å²) in [7, 11) is 0. The fourth-order valence-electron chi connectivity index (χ4n) is 1.69. The molecular formula is C11H22N2O3. The zero-order valence-electron chi connectivity index (χ0n) is 10.1. The van der Waals surface area contributed by atoms with Crippen molar-refractivity contribution in [2.45, 2.75) is 44.9 Å². The average Bonchev–Trinajstić information content (AvgIpc) is 2.25. The quantitative estimate of drug-likeness (QED) is 0.675. The fourth-order valence-corrected chi connectivity index (χ4v) is 1.69. The minimum absolute atomic E-state index is 0.199. The maximum Gasteiger partial charge on any atom is 0.236 e. The molecule has 0 radical (unpaired) electrons. The monoisotopic (exact) mass is 230 g/mol. The highest BCUT2D eigenvalue weighted by Crippen LogP contribution is 2.10. The lowest BCUT2D eigenvalue weighted by atomic mass is 10.1. The first-order valence-electron chi connectivity index (χ1n) is 5.84. The van der Waals surface area contributed by atoms with E-state index in [0.717, 1.165) is 26.1 Å². The van der Waals surface area contributed by atoms with Crippen molar-refractivity contribution in [1.29, 1.82) is 0 Å². The molecule has 1 aliphatic rings. The van der Waals surface area contributed by atoms with Crippen LogP contribution >= 0.6 is 0 Å². The summed E-state index contributed by atoms with van der Waals surface area (Å²) in [5, 5.41) is 3.09. The van der Waals surface area contributed by atoms with Gasteiger partial charge in [-0.3, -0.25) is 4.79 Å². The van der Waals surface area contributed by atoms with E-state index in [1.807, 2.05) is 13.8 Å². The third-order valence-electron chi connectivity index (χ3n) is 2.54. The van der Waals surface area contributed by atoms with E-state index in [9.17, 15) is 4.79 Å². The minimum atomic E-state index is -0.400. The first-order valence-corrected chi connectivity index (χ1v) is 5.84. The molecule has 1 atom stereocenters. The molecule has 0 aromatic rings. The van der Waals surface area contributed by atoms with Crippen LogP contribution in [0.3, 0.4) is 0 Å². The van der Waals surface area contributed by atoms with Crippen molar-refractivity contribution in [2.24, 2.45) is 5.73 Å². The maximum atomic E-state index is 11.2. The van der Waals surface area contributed by atoms with Crippen molar-refractivity contribution in [3.63, 3.8) is 0 Å². The van der Waals surface area contributed by atoms with Crippen LogP contribution in [0.4, 0.5) is 0 Å². The van der Waals surface area contributed by atoms with Crippen molar-refractivity contribution in [1.82, 2.24) is 5.32 Å². The number of nitrogens with two attached hydrogens (primary N) is 1. The molecule has 5 nitrogen and oxygen atoms in total. The Labute approximate surface area is 96.7 Å². The Bertz CT molecular complexity index is 215. The Hall–Kier alpha value is -0.650. The van der Waals surface area contributed by atoms with Gasteiger partial charge in [0.15, 0.2) is 0 Å². The molecule has 0 aromatic carbocycles. The van der Waals surface area contributed by atoms with Crippen molar-refractivity contribution in [3.8, 4) is 0 Å². The zero-order chi connectivity index (χ0) is 12.0. The Morgan fingerprint density at radius 1 is 1.50 bits per heavy atom. The predicted octanol–water partition coefficient (Wildman–Crippen LogP) is 0.0339. The number of hydrogen-bond acceptors (Lipinski definition) is 4. The molecule has 16 heavy (non-hydrogen) atoms. The van der Waals surface area contributed by atoms with Gasteiger partial charge in [-0.15, -0.1) is 0 Å². The lowest BCUT2D eigenvalue weighted by Crippen LogP contribution is -2.48. The summed E-state index contributed by atoms with van der Waals surface area (Å²) in [6.45, 7) is 5.78. The second-order valence-electron chi connectivity index (χ2n) is 4.42. The normalized spacial score (nSPS) is 19.9. The Morgan fingerprint density at radius 2 is 2.12 bits per heavy atom. The molecule has 1 fully saturated rings. The van der Waals surface area contributed by atoms with E-state index in [2.05, 4.69) is 5.32 Å². The van der Waals surface area contributed by atoms with Crippen LogP contribution in [0.15, 0.2) is 0 Å². The van der Waals surface area contributed by atoms with E-state index in [1.165, 1.54) is 0 Å². The van der Waals surface area contributed by atoms with Crippen LogP contribution in [0.25, 0.3) is 0 Å². The molecule has 0 spiro atoms. The van der Waals surface area contributed by atoms with E-state index < -0.39 is 6.04 Å². The van der Waals surface area contributed by atoms with Gasteiger partial charge in [-0.1, -0.05) is 13.8 Å². The van der Waals surface area contributed by atoms with Crippen LogP contribution in [0.2, 0.25) is 0 Å². The number of nitrogens with one attached hydrogen (secondary N) is 1. The number of carbonyl (C=O) groups excluding carboxylic acids is 1. The van der Waals surface area contributed by atoms with Gasteiger partial charge in [0, 0.05) is 19.3 Å². The standard InChI is InChI=1S/C11H22N2O3/c1-8(2)13-10(11(12)14)7-16-9-3-5-15-6-4-9/h8-10,13H,3-7H2,1-2H3,(H2,12,14). The van der Waals surface area contributed by atoms with Crippen LogP contribution in [-0.2, 0) is 14.3 Å². The van der Waals surface area contributed by atoms with E-state index in [1.54, 1.807) is 0 Å². The van der Waals surface area contributed by atoms with Crippen molar-refractivity contribution in [3.05, 3.63) is 0 Å². The number of primary amides is 1. The summed E-state index contributed by atoms with van der Waals surface area (Å²) < 4.78 is 10.9. The van der Waals surface area contributed by atoms with Crippen molar-refractivity contribution in [2.75, 3.05) is 19.8 Å². The molecule has 1 aliphatic heterocycles. The SMILES string of the molecule is CC(C)NC(COC1CCOCC1)C(N)=O. The molecule has 5 heteroatoms. The molecular weight excluding hydrogens is 208 g/mol. The van der Waals surface area contributed by atoms with Crippen LogP contribution < -0.4 is 11.1 Å². The second-order valence-corrected chi connectivity index (χ2v) is 4.42. The van der Waals surface area contributed by atoms with Crippen molar-refractivity contribution >= 4 is 5.91 Å². The molecule has 3 N–H and O–H groups in total. The van der Waals surface area contributed by atoms with Gasteiger partial charge in [0.1, 0.15) is 6.04 Å². The summed E-state index contributed by atoms with van der Waals surface area (Å²) in [5.41, 5.74) is 5.29. The van der Waals surface area contributed by atoms with Crippen LogP contribution in [0, 0.1) is 0 Å². The predicted molar refractivity (Wildman–Crippen MR) is 61.0 cm³/mol. The molecule has 1 saturated heterocycles. The summed E-state index contributed by atoms with van der Waals surface area (Å²) in [6.07, 6.45) is 1.99. The molecule has 1 unspecified atom stereocenters. The summed E-state index contributed by atoms with van der Waals surface area (Å²) in [4.78, 5) is 11.2. The highest BCUT2D eigenvalue weighted by atomic mass is 16.5. The molecule has 0 bridgehead atoms. The minimum Gasteiger partial charge on any atom is -0.381 e. The smallest absolute Gasteiger partial charge is 0.236 e. The van der Waals surface area contributed by atoms with Gasteiger partial charge >= 0.3 is 0 Å². The number of hydrogen-bond donors (Lipinski definition) is 2. The maximum absolute atomic E-state index is 11.2. The molecule has 1 rings (SSSR count). The van der Waals surface area contributed by atoms with Gasteiger partial charge in [0.2, 0.25) is 5.91 Å². The fraction of sp³-hybridized carbons (Fsp3) is 0.909. The van der Waals surface area contributed by atoms with Crippen LogP contribution in [-0.4, -0.2) is 43.9 Å². The summed E-state index contributed by atoms with van der Waals surface area (Å²) in [6, 6.07) is -0.182. The lowest BCUT2D eigenvalue weighted by Gasteiger charge is -2.25. The Kier molecular flexibility index (Phi) is 5.73. The largest absolute Gasteiger partial charge is 0.381 e. The third kappa shape index (κ3) is 4.92. The summed E-state index contributed by atoms with van der Waals surface area (Å²) >= 11 is 0. The van der Waals surface area contributed by atoms with Crippen molar-refractivity contribution < 1.29 is 14.3 Å². The summed E-state index contributed by atoms with van der Waals surface area (Å²) in [5.74, 6) is -0.360. The Balaban J connectivity index is 2.28. The molecule has 1 heterocycles. The van der Waals surface area contributed by atoms with Crippen LogP contribution in [0.1, 0.15) is 26.7 Å². The molecule has 0 saturated carbocycles. The zero-order valence-corrected chi connectivity index (χ0v) is 10.1. The first-order chi connectivity index (χ1) is 7.59. The number of ether oxygens (including phenoxy) is 2. The molecule has 0 aromatic heterocycles. The Morgan fingerprint density at radius 3 is 2.62 bits per heavy atom. The van der Waals surface area contributed by atoms with E-state index in [4.69, 9.17) is 15.2 Å². The second kappa shape index (κ2) is 6.83. The van der Waals surface area contributed by atoms with E-state index in [-0.39, 0.29) is 18.1 Å². The van der Waals surface area contributed by atoms with Gasteiger partial charge in [-0.2, -0.15) is 0 Å². The van der Waals surface area contributed by atoms with Crippen LogP contribution in [0.5, 0.6) is 0 Å². The molecule has 1 amide bonds. The van der Waals surface area contributed by atoms with Gasteiger partial charge in [0.25, 0.3) is 0 Å². The first kappa shape index (κ1) is 13.4. The number of rotatable bonds is 6. The van der Waals surface area contributed by atoms with E-state index in [0.29, 0.717) is 6.61 Å². The highest BCUT2D eigenvalue weighted by molar-refractivity contribution is 5.80. The molecule has 94 valence electrons. The molecule has 0 aliphatic carbocycles. The van der Waals surface area contributed by atoms with Gasteiger partial charge in [-0.25, -0.2) is 0 Å². The van der Waals surface area contributed by atoms with Gasteiger partial charge < -0.3 is 20.5 Å². The van der Waals surface area contributed by atoms with Gasteiger partial charge in [-0.05, 0) is 12.8 Å².